The standard InChI is InChI=1S/C15H9NO3/c1-16-14(17)10-4-2-3-9-12(10)11(15(16)18)7-8-5-6-19-13(8)9/h2-7H,1H3. The van der Waals surface area contributed by atoms with Gasteiger partial charge in [-0.3, -0.25) is 14.5 Å². The molecule has 4 heteroatoms. The molecule has 0 atom stereocenters. The molecule has 0 spiro atoms. The second-order valence-electron chi connectivity index (χ2n) is 4.66. The number of benzene rings is 2. The van der Waals surface area contributed by atoms with Crippen molar-refractivity contribution in [1.82, 2.24) is 4.90 Å². The summed E-state index contributed by atoms with van der Waals surface area (Å²) in [4.78, 5) is 25.6. The van der Waals surface area contributed by atoms with Crippen LogP contribution in [-0.4, -0.2) is 23.8 Å². The van der Waals surface area contributed by atoms with Crippen LogP contribution in [0.2, 0.25) is 0 Å². The highest BCUT2D eigenvalue weighted by molar-refractivity contribution is 6.28. The van der Waals surface area contributed by atoms with Crippen molar-refractivity contribution >= 4 is 33.6 Å². The lowest BCUT2D eigenvalue weighted by molar-refractivity contribution is 0.0651. The maximum Gasteiger partial charge on any atom is 0.261 e. The van der Waals surface area contributed by atoms with Crippen LogP contribution in [0, 0.1) is 0 Å². The Kier molecular flexibility index (Phi) is 1.75. The average molecular weight is 251 g/mol. The molecule has 4 nitrogen and oxygen atoms in total. The van der Waals surface area contributed by atoms with Crippen molar-refractivity contribution < 1.29 is 14.0 Å². The second kappa shape index (κ2) is 3.23. The minimum atomic E-state index is -0.269. The Morgan fingerprint density at radius 1 is 1.05 bits per heavy atom. The van der Waals surface area contributed by atoms with Crippen LogP contribution in [0.1, 0.15) is 20.7 Å². The summed E-state index contributed by atoms with van der Waals surface area (Å²) in [5.41, 5.74) is 1.82. The summed E-state index contributed by atoms with van der Waals surface area (Å²) in [5, 5.41) is 2.37. The third-order valence-corrected chi connectivity index (χ3v) is 3.64. The van der Waals surface area contributed by atoms with Gasteiger partial charge in [0.1, 0.15) is 5.58 Å². The summed E-state index contributed by atoms with van der Waals surface area (Å²) in [5.74, 6) is -0.536. The zero-order valence-corrected chi connectivity index (χ0v) is 10.1. The van der Waals surface area contributed by atoms with Gasteiger partial charge in [-0.1, -0.05) is 12.1 Å². The number of nitrogens with zero attached hydrogens (tertiary/aromatic N) is 1. The van der Waals surface area contributed by atoms with Crippen molar-refractivity contribution in [3.05, 3.63) is 47.7 Å². The molecule has 0 unspecified atom stereocenters. The van der Waals surface area contributed by atoms with Crippen LogP contribution < -0.4 is 0 Å². The molecule has 92 valence electrons. The minimum absolute atomic E-state index is 0.267. The number of hydrogen-bond donors (Lipinski definition) is 0. The molecule has 0 saturated carbocycles. The van der Waals surface area contributed by atoms with Gasteiger partial charge in [-0.2, -0.15) is 0 Å². The third-order valence-electron chi connectivity index (χ3n) is 3.64. The fourth-order valence-electron chi connectivity index (χ4n) is 2.71. The Bertz CT molecular complexity index is 876. The largest absolute Gasteiger partial charge is 0.464 e. The number of amides is 2. The van der Waals surface area contributed by atoms with Gasteiger partial charge in [0, 0.05) is 34.3 Å². The van der Waals surface area contributed by atoms with Crippen molar-refractivity contribution in [1.29, 1.82) is 0 Å². The molecule has 1 aliphatic rings. The van der Waals surface area contributed by atoms with Crippen LogP contribution in [0.5, 0.6) is 0 Å². The Balaban J connectivity index is 2.32. The molecule has 2 amide bonds. The number of rotatable bonds is 0. The maximum absolute atomic E-state index is 12.3. The lowest BCUT2D eigenvalue weighted by atomic mass is 9.93. The molecular formula is C15H9NO3. The van der Waals surface area contributed by atoms with Gasteiger partial charge in [0.15, 0.2) is 0 Å². The molecule has 0 N–H and O–H groups in total. The maximum atomic E-state index is 12.3. The zero-order chi connectivity index (χ0) is 13.1. The summed E-state index contributed by atoms with van der Waals surface area (Å²) in [6.07, 6.45) is 1.59. The molecule has 3 aromatic rings. The van der Waals surface area contributed by atoms with Crippen LogP contribution in [0.25, 0.3) is 21.7 Å². The van der Waals surface area contributed by atoms with E-state index in [0.717, 1.165) is 15.7 Å². The lowest BCUT2D eigenvalue weighted by Gasteiger charge is -2.23. The van der Waals surface area contributed by atoms with Crippen LogP contribution in [-0.2, 0) is 0 Å². The molecule has 0 saturated heterocycles. The predicted molar refractivity (Wildman–Crippen MR) is 70.1 cm³/mol. The number of imide groups is 1. The summed E-state index contributed by atoms with van der Waals surface area (Å²) in [6, 6.07) is 9.04. The minimum Gasteiger partial charge on any atom is -0.464 e. The van der Waals surface area contributed by atoms with E-state index in [4.69, 9.17) is 4.42 Å². The average Bonchev–Trinajstić information content (AvgIpc) is 2.90. The van der Waals surface area contributed by atoms with Gasteiger partial charge in [-0.15, -0.1) is 0 Å². The molecule has 4 rings (SSSR count). The molecule has 2 aromatic carbocycles. The second-order valence-corrected chi connectivity index (χ2v) is 4.66. The Hall–Kier alpha value is -2.62. The van der Waals surface area contributed by atoms with Crippen molar-refractivity contribution in [2.24, 2.45) is 0 Å². The smallest absolute Gasteiger partial charge is 0.261 e. The SMILES string of the molecule is CN1C(=O)c2cccc3c2c(cc2ccoc23)C1=O. The molecule has 0 fully saturated rings. The van der Waals surface area contributed by atoms with E-state index >= 15 is 0 Å². The summed E-state index contributed by atoms with van der Waals surface area (Å²) >= 11 is 0. The Morgan fingerprint density at radius 3 is 2.68 bits per heavy atom. The first kappa shape index (κ1) is 10.3. The number of furan rings is 1. The fraction of sp³-hybridized carbons (Fsp3) is 0.0667. The van der Waals surface area contributed by atoms with Crippen molar-refractivity contribution in [2.45, 2.75) is 0 Å². The van der Waals surface area contributed by atoms with Gasteiger partial charge in [-0.25, -0.2) is 0 Å². The number of hydrogen-bond acceptors (Lipinski definition) is 3. The van der Waals surface area contributed by atoms with Crippen LogP contribution in [0.15, 0.2) is 41.0 Å². The van der Waals surface area contributed by atoms with E-state index in [1.165, 1.54) is 7.05 Å². The fourth-order valence-corrected chi connectivity index (χ4v) is 2.71. The summed E-state index contributed by atoms with van der Waals surface area (Å²) in [6.45, 7) is 0. The molecule has 2 heterocycles. The van der Waals surface area contributed by atoms with Gasteiger partial charge in [0.2, 0.25) is 0 Å². The van der Waals surface area contributed by atoms with Crippen molar-refractivity contribution in [3.63, 3.8) is 0 Å². The monoisotopic (exact) mass is 251 g/mol. The van der Waals surface area contributed by atoms with Gasteiger partial charge in [-0.05, 0) is 18.2 Å². The van der Waals surface area contributed by atoms with Crippen LogP contribution in [0.4, 0.5) is 0 Å². The van der Waals surface area contributed by atoms with E-state index < -0.39 is 0 Å². The highest BCUT2D eigenvalue weighted by Crippen LogP contribution is 2.35. The van der Waals surface area contributed by atoms with Gasteiger partial charge in [0.05, 0.1) is 6.26 Å². The number of carbonyl (C=O) groups excluding carboxylic acids is 2. The first-order valence-corrected chi connectivity index (χ1v) is 5.94. The molecule has 0 aliphatic carbocycles. The normalized spacial score (nSPS) is 14.7. The topological polar surface area (TPSA) is 50.5 Å². The van der Waals surface area contributed by atoms with Gasteiger partial charge >= 0.3 is 0 Å². The highest BCUT2D eigenvalue weighted by Gasteiger charge is 2.31. The Labute approximate surface area is 108 Å². The van der Waals surface area contributed by atoms with Gasteiger partial charge in [0.25, 0.3) is 11.8 Å². The van der Waals surface area contributed by atoms with E-state index in [2.05, 4.69) is 0 Å². The van der Waals surface area contributed by atoms with E-state index in [1.807, 2.05) is 18.2 Å². The zero-order valence-electron chi connectivity index (χ0n) is 10.1. The summed E-state index contributed by atoms with van der Waals surface area (Å²) in [7, 11) is 1.51. The molecular weight excluding hydrogens is 242 g/mol. The van der Waals surface area contributed by atoms with E-state index in [0.29, 0.717) is 22.1 Å². The number of fused-ring (bicyclic) bond motifs is 2. The number of carbonyl (C=O) groups is 2. The first-order chi connectivity index (χ1) is 9.18. The quantitative estimate of drug-likeness (QED) is 0.577. The van der Waals surface area contributed by atoms with Crippen LogP contribution in [0.3, 0.4) is 0 Å². The summed E-state index contributed by atoms with van der Waals surface area (Å²) < 4.78 is 5.47. The Morgan fingerprint density at radius 2 is 1.84 bits per heavy atom. The predicted octanol–water partition coefficient (Wildman–Crippen LogP) is 2.81. The van der Waals surface area contributed by atoms with E-state index in [9.17, 15) is 9.59 Å². The highest BCUT2D eigenvalue weighted by atomic mass is 16.3. The third kappa shape index (κ3) is 1.13. The van der Waals surface area contributed by atoms with Crippen molar-refractivity contribution in [2.75, 3.05) is 7.05 Å². The van der Waals surface area contributed by atoms with E-state index in [-0.39, 0.29) is 11.8 Å². The molecule has 19 heavy (non-hydrogen) atoms. The van der Waals surface area contributed by atoms with E-state index in [1.54, 1.807) is 18.4 Å². The van der Waals surface area contributed by atoms with Gasteiger partial charge < -0.3 is 4.42 Å². The molecule has 1 aliphatic heterocycles. The first-order valence-electron chi connectivity index (χ1n) is 5.94. The molecule has 1 aromatic heterocycles. The molecule has 0 bridgehead atoms. The van der Waals surface area contributed by atoms with Crippen molar-refractivity contribution in [3.8, 4) is 0 Å². The lowest BCUT2D eigenvalue weighted by Crippen LogP contribution is -2.36. The molecule has 0 radical (unpaired) electrons. The van der Waals surface area contributed by atoms with Crippen LogP contribution >= 0.6 is 0 Å².